The number of halogens is 2. The zero-order valence-electron chi connectivity index (χ0n) is 11.5. The van der Waals surface area contributed by atoms with Gasteiger partial charge < -0.3 is 10.6 Å². The highest BCUT2D eigenvalue weighted by atomic mass is 35.5. The zero-order chi connectivity index (χ0) is 14.4. The van der Waals surface area contributed by atoms with Crippen LogP contribution in [-0.2, 0) is 0 Å². The molecule has 0 radical (unpaired) electrons. The highest BCUT2D eigenvalue weighted by molar-refractivity contribution is 6.35. The van der Waals surface area contributed by atoms with Crippen molar-refractivity contribution in [1.82, 2.24) is 10.6 Å². The molecule has 0 spiro atoms. The number of urea groups is 1. The lowest BCUT2D eigenvalue weighted by Gasteiger charge is -2.20. The van der Waals surface area contributed by atoms with Crippen LogP contribution in [-0.4, -0.2) is 12.1 Å². The average molecular weight is 303 g/mol. The van der Waals surface area contributed by atoms with Gasteiger partial charge in [0.1, 0.15) is 0 Å². The maximum Gasteiger partial charge on any atom is 0.315 e. The Bertz CT molecular complexity index is 433. The monoisotopic (exact) mass is 302 g/mol. The van der Waals surface area contributed by atoms with E-state index in [0.717, 1.165) is 18.4 Å². The molecule has 1 atom stereocenters. The molecule has 1 aromatic rings. The van der Waals surface area contributed by atoms with Gasteiger partial charge in [0.2, 0.25) is 0 Å². The van der Waals surface area contributed by atoms with Crippen molar-refractivity contribution in [3.8, 4) is 0 Å². The number of benzene rings is 1. The number of carbonyl (C=O) groups is 1. The highest BCUT2D eigenvalue weighted by Gasteiger charge is 2.14. The molecule has 0 saturated carbocycles. The molecule has 0 fully saturated rings. The van der Waals surface area contributed by atoms with E-state index in [1.54, 1.807) is 12.1 Å². The van der Waals surface area contributed by atoms with Crippen molar-refractivity contribution >= 4 is 29.2 Å². The van der Waals surface area contributed by atoms with Crippen molar-refractivity contribution in [2.75, 3.05) is 0 Å². The number of rotatable bonds is 5. The van der Waals surface area contributed by atoms with Gasteiger partial charge in [0, 0.05) is 16.1 Å². The predicted molar refractivity (Wildman–Crippen MR) is 80.9 cm³/mol. The number of hydrogen-bond donors (Lipinski definition) is 2. The number of amides is 2. The van der Waals surface area contributed by atoms with Crippen LogP contribution in [0.15, 0.2) is 18.2 Å². The summed E-state index contributed by atoms with van der Waals surface area (Å²) >= 11 is 12.0. The fraction of sp³-hybridized carbons (Fsp3) is 0.500. The summed E-state index contributed by atoms with van der Waals surface area (Å²) in [5.74, 6) is 0. The summed E-state index contributed by atoms with van der Waals surface area (Å²) in [6.07, 6.45) is 1.83. The van der Waals surface area contributed by atoms with Crippen LogP contribution < -0.4 is 10.6 Å². The third-order valence-electron chi connectivity index (χ3n) is 3.10. The fourth-order valence-electron chi connectivity index (χ4n) is 1.85. The van der Waals surface area contributed by atoms with Gasteiger partial charge >= 0.3 is 6.03 Å². The second-order valence-corrected chi connectivity index (χ2v) is 5.36. The summed E-state index contributed by atoms with van der Waals surface area (Å²) in [5.41, 5.74) is 0.853. The molecule has 106 valence electrons. The van der Waals surface area contributed by atoms with Crippen LogP contribution in [0.25, 0.3) is 0 Å². The summed E-state index contributed by atoms with van der Waals surface area (Å²) in [7, 11) is 0. The maximum atomic E-state index is 11.8. The molecule has 0 aromatic heterocycles. The SMILES string of the molecule is CCC(CC)NC(=O)NC(C)c1ccc(Cl)cc1Cl. The Hall–Kier alpha value is -0.930. The van der Waals surface area contributed by atoms with Crippen LogP contribution in [0.5, 0.6) is 0 Å². The van der Waals surface area contributed by atoms with E-state index in [-0.39, 0.29) is 18.1 Å². The van der Waals surface area contributed by atoms with E-state index < -0.39 is 0 Å². The van der Waals surface area contributed by atoms with E-state index in [1.807, 2.05) is 26.8 Å². The van der Waals surface area contributed by atoms with Gasteiger partial charge in [0.05, 0.1) is 6.04 Å². The molecule has 1 aromatic carbocycles. The van der Waals surface area contributed by atoms with Gasteiger partial charge in [-0.05, 0) is 37.5 Å². The minimum Gasteiger partial charge on any atom is -0.335 e. The molecule has 0 bridgehead atoms. The Labute approximate surface area is 124 Å². The summed E-state index contributed by atoms with van der Waals surface area (Å²) in [4.78, 5) is 11.8. The van der Waals surface area contributed by atoms with Gasteiger partial charge in [-0.3, -0.25) is 0 Å². The Morgan fingerprint density at radius 2 is 1.84 bits per heavy atom. The summed E-state index contributed by atoms with van der Waals surface area (Å²) < 4.78 is 0. The second-order valence-electron chi connectivity index (χ2n) is 4.52. The molecule has 3 nitrogen and oxygen atoms in total. The molecular weight excluding hydrogens is 283 g/mol. The fourth-order valence-corrected chi connectivity index (χ4v) is 2.42. The minimum atomic E-state index is -0.174. The van der Waals surface area contributed by atoms with Gasteiger partial charge in [0.15, 0.2) is 0 Å². The molecule has 2 amide bonds. The highest BCUT2D eigenvalue weighted by Crippen LogP contribution is 2.25. The molecule has 0 heterocycles. The van der Waals surface area contributed by atoms with Crippen molar-refractivity contribution in [2.24, 2.45) is 0 Å². The van der Waals surface area contributed by atoms with Crippen LogP contribution in [0, 0.1) is 0 Å². The van der Waals surface area contributed by atoms with Crippen LogP contribution in [0.1, 0.15) is 45.2 Å². The number of carbonyl (C=O) groups excluding carboxylic acids is 1. The lowest BCUT2D eigenvalue weighted by atomic mass is 10.1. The smallest absolute Gasteiger partial charge is 0.315 e. The summed E-state index contributed by atoms with van der Waals surface area (Å²) in [5, 5.41) is 6.95. The van der Waals surface area contributed by atoms with E-state index >= 15 is 0 Å². The van der Waals surface area contributed by atoms with Gasteiger partial charge in [-0.25, -0.2) is 4.79 Å². The van der Waals surface area contributed by atoms with Gasteiger partial charge in [-0.1, -0.05) is 43.1 Å². The molecule has 2 N–H and O–H groups in total. The minimum absolute atomic E-state index is 0.167. The molecule has 5 heteroatoms. The van der Waals surface area contributed by atoms with Crippen molar-refractivity contribution < 1.29 is 4.79 Å². The van der Waals surface area contributed by atoms with Gasteiger partial charge in [-0.15, -0.1) is 0 Å². The normalized spacial score (nSPS) is 12.3. The first-order valence-electron chi connectivity index (χ1n) is 6.49. The standard InChI is InChI=1S/C14H20Cl2N2O/c1-4-11(5-2)18-14(19)17-9(3)12-7-6-10(15)8-13(12)16/h6-9,11H,4-5H2,1-3H3,(H2,17,18,19). The van der Waals surface area contributed by atoms with Crippen molar-refractivity contribution in [3.05, 3.63) is 33.8 Å². The van der Waals surface area contributed by atoms with Crippen LogP contribution in [0.2, 0.25) is 10.0 Å². The van der Waals surface area contributed by atoms with Gasteiger partial charge in [-0.2, -0.15) is 0 Å². The molecule has 0 aliphatic heterocycles. The average Bonchev–Trinajstić information content (AvgIpc) is 2.35. The van der Waals surface area contributed by atoms with Crippen molar-refractivity contribution in [3.63, 3.8) is 0 Å². The van der Waals surface area contributed by atoms with Crippen LogP contribution in [0.3, 0.4) is 0 Å². The largest absolute Gasteiger partial charge is 0.335 e. The predicted octanol–water partition coefficient (Wildman–Crippen LogP) is 4.54. The first-order valence-corrected chi connectivity index (χ1v) is 7.25. The summed E-state index contributed by atoms with van der Waals surface area (Å²) in [6.45, 7) is 5.99. The van der Waals surface area contributed by atoms with E-state index in [0.29, 0.717) is 10.0 Å². The molecule has 0 aliphatic rings. The Balaban J connectivity index is 2.63. The molecule has 19 heavy (non-hydrogen) atoms. The molecule has 0 aliphatic carbocycles. The van der Waals surface area contributed by atoms with E-state index in [9.17, 15) is 4.79 Å². The Morgan fingerprint density at radius 3 is 2.37 bits per heavy atom. The van der Waals surface area contributed by atoms with Crippen LogP contribution in [0.4, 0.5) is 4.79 Å². The lowest BCUT2D eigenvalue weighted by molar-refractivity contribution is 0.233. The zero-order valence-corrected chi connectivity index (χ0v) is 13.0. The first kappa shape index (κ1) is 16.1. The second kappa shape index (κ2) is 7.61. The van der Waals surface area contributed by atoms with E-state index in [1.165, 1.54) is 0 Å². The quantitative estimate of drug-likeness (QED) is 0.823. The van der Waals surface area contributed by atoms with E-state index in [2.05, 4.69) is 10.6 Å². The van der Waals surface area contributed by atoms with Gasteiger partial charge in [0.25, 0.3) is 0 Å². The lowest BCUT2D eigenvalue weighted by Crippen LogP contribution is -2.42. The first-order chi connectivity index (χ1) is 8.97. The summed E-state index contributed by atoms with van der Waals surface area (Å²) in [6, 6.07) is 5.13. The third kappa shape index (κ3) is 4.92. The topological polar surface area (TPSA) is 41.1 Å². The van der Waals surface area contributed by atoms with E-state index in [4.69, 9.17) is 23.2 Å². The maximum absolute atomic E-state index is 11.8. The van der Waals surface area contributed by atoms with Crippen molar-refractivity contribution in [1.29, 1.82) is 0 Å². The van der Waals surface area contributed by atoms with Crippen molar-refractivity contribution in [2.45, 2.75) is 45.7 Å². The molecule has 1 unspecified atom stereocenters. The Morgan fingerprint density at radius 1 is 1.21 bits per heavy atom. The molecule has 1 rings (SSSR count). The molecular formula is C14H20Cl2N2O. The number of nitrogens with one attached hydrogen (secondary N) is 2. The third-order valence-corrected chi connectivity index (χ3v) is 3.66. The number of hydrogen-bond acceptors (Lipinski definition) is 1. The van der Waals surface area contributed by atoms with Crippen LogP contribution >= 0.6 is 23.2 Å². The Kier molecular flexibility index (Phi) is 6.46. The molecule has 0 saturated heterocycles.